The molecule has 1 aliphatic rings. The van der Waals surface area contributed by atoms with Crippen LogP contribution in [-0.4, -0.2) is 35.6 Å². The van der Waals surface area contributed by atoms with Crippen molar-refractivity contribution < 1.29 is 0 Å². The van der Waals surface area contributed by atoms with Crippen LogP contribution in [0.1, 0.15) is 12.6 Å². The average Bonchev–Trinajstić information content (AvgIpc) is 3.01. The minimum Gasteiger partial charge on any atom is -0.368 e. The molecule has 0 radical (unpaired) electrons. The lowest BCUT2D eigenvalue weighted by molar-refractivity contribution is 0.588. The summed E-state index contributed by atoms with van der Waals surface area (Å²) in [4.78, 5) is 7.31. The van der Waals surface area contributed by atoms with Gasteiger partial charge in [-0.1, -0.05) is 37.3 Å². The van der Waals surface area contributed by atoms with E-state index in [0.29, 0.717) is 0 Å². The lowest BCUT2D eigenvalue weighted by Gasteiger charge is -2.29. The normalized spacial score (nSPS) is 15.3. The van der Waals surface area contributed by atoms with Gasteiger partial charge in [-0.05, 0) is 18.6 Å². The molecule has 1 aromatic carbocycles. The molecule has 1 N–H and O–H groups in total. The Bertz CT molecular complexity index is 801. The van der Waals surface area contributed by atoms with E-state index >= 15 is 0 Å². The topological polar surface area (TPSA) is 32.6 Å². The van der Waals surface area contributed by atoms with E-state index in [4.69, 9.17) is 4.98 Å². The molecule has 0 amide bonds. The maximum atomic E-state index is 4.87. The second-order valence-electron chi connectivity index (χ2n) is 5.98. The van der Waals surface area contributed by atoms with Gasteiger partial charge in [0.1, 0.15) is 5.65 Å². The van der Waals surface area contributed by atoms with Crippen LogP contribution in [0.2, 0.25) is 0 Å². The maximum Gasteiger partial charge on any atom is 0.137 e. The van der Waals surface area contributed by atoms with Crippen LogP contribution >= 0.6 is 0 Å². The molecule has 0 atom stereocenters. The van der Waals surface area contributed by atoms with E-state index in [1.807, 2.05) is 6.07 Å². The molecule has 23 heavy (non-hydrogen) atoms. The van der Waals surface area contributed by atoms with Crippen LogP contribution in [0.5, 0.6) is 0 Å². The largest absolute Gasteiger partial charge is 0.368 e. The quantitative estimate of drug-likeness (QED) is 0.807. The third-order valence-corrected chi connectivity index (χ3v) is 4.57. The van der Waals surface area contributed by atoms with Crippen molar-refractivity contribution in [1.29, 1.82) is 0 Å². The number of hydrogen-bond acceptors (Lipinski definition) is 3. The zero-order chi connectivity index (χ0) is 15.6. The van der Waals surface area contributed by atoms with Gasteiger partial charge in [0, 0.05) is 37.9 Å². The summed E-state index contributed by atoms with van der Waals surface area (Å²) in [5.41, 5.74) is 5.89. The minimum absolute atomic E-state index is 0.969. The summed E-state index contributed by atoms with van der Waals surface area (Å²) in [5.74, 6) is 0. The fourth-order valence-corrected chi connectivity index (χ4v) is 3.36. The van der Waals surface area contributed by atoms with Crippen LogP contribution in [0.4, 0.5) is 5.69 Å². The Balaban J connectivity index is 1.81. The van der Waals surface area contributed by atoms with Crippen molar-refractivity contribution in [2.24, 2.45) is 0 Å². The van der Waals surface area contributed by atoms with Gasteiger partial charge in [-0.25, -0.2) is 4.98 Å². The van der Waals surface area contributed by atoms with Crippen molar-refractivity contribution in [1.82, 2.24) is 14.7 Å². The SMILES string of the molecule is CCc1c(-c2ccccc2)nc2ccc(N3CCNCC3)cn12. The lowest BCUT2D eigenvalue weighted by Crippen LogP contribution is -2.43. The molecule has 118 valence electrons. The number of benzene rings is 1. The number of rotatable bonds is 3. The van der Waals surface area contributed by atoms with E-state index < -0.39 is 0 Å². The Kier molecular flexibility index (Phi) is 3.75. The smallest absolute Gasteiger partial charge is 0.137 e. The van der Waals surface area contributed by atoms with Crippen molar-refractivity contribution in [3.05, 3.63) is 54.4 Å². The molecule has 2 aromatic heterocycles. The Hall–Kier alpha value is -2.33. The number of fused-ring (bicyclic) bond motifs is 1. The van der Waals surface area contributed by atoms with Crippen LogP contribution in [0.15, 0.2) is 48.7 Å². The Morgan fingerprint density at radius 3 is 2.57 bits per heavy atom. The first-order valence-electron chi connectivity index (χ1n) is 8.39. The summed E-state index contributed by atoms with van der Waals surface area (Å²) in [6.45, 7) is 6.43. The van der Waals surface area contributed by atoms with Crippen molar-refractivity contribution in [3.8, 4) is 11.3 Å². The molecule has 1 saturated heterocycles. The van der Waals surface area contributed by atoms with Crippen molar-refractivity contribution in [3.63, 3.8) is 0 Å². The summed E-state index contributed by atoms with van der Waals surface area (Å²) in [6, 6.07) is 14.8. The molecule has 3 heterocycles. The molecule has 1 aliphatic heterocycles. The highest BCUT2D eigenvalue weighted by Gasteiger charge is 2.15. The minimum atomic E-state index is 0.969. The molecule has 4 rings (SSSR count). The maximum absolute atomic E-state index is 4.87. The summed E-state index contributed by atoms with van der Waals surface area (Å²) in [7, 11) is 0. The molecule has 0 bridgehead atoms. The first-order valence-corrected chi connectivity index (χ1v) is 8.39. The van der Waals surface area contributed by atoms with E-state index in [1.54, 1.807) is 0 Å². The van der Waals surface area contributed by atoms with Crippen molar-refractivity contribution >= 4 is 11.3 Å². The predicted molar refractivity (Wildman–Crippen MR) is 95.1 cm³/mol. The average molecular weight is 306 g/mol. The number of pyridine rings is 1. The standard InChI is InChI=1S/C19H22N4/c1-2-17-19(15-6-4-3-5-7-15)21-18-9-8-16(14-23(17)18)22-12-10-20-11-13-22/h3-9,14,20H,2,10-13H2,1H3. The number of nitrogens with zero attached hydrogens (tertiary/aromatic N) is 3. The molecule has 0 saturated carbocycles. The molecular formula is C19H22N4. The predicted octanol–water partition coefficient (Wildman–Crippen LogP) is 2.97. The molecule has 0 spiro atoms. The molecule has 0 aliphatic carbocycles. The van der Waals surface area contributed by atoms with E-state index in [-0.39, 0.29) is 0 Å². The number of piperazine rings is 1. The second kappa shape index (κ2) is 6.05. The Labute approximate surface area is 136 Å². The van der Waals surface area contributed by atoms with Crippen LogP contribution < -0.4 is 10.2 Å². The fraction of sp³-hybridized carbons (Fsp3) is 0.316. The highest BCUT2D eigenvalue weighted by atomic mass is 15.2. The van der Waals surface area contributed by atoms with Crippen LogP contribution in [0.3, 0.4) is 0 Å². The van der Waals surface area contributed by atoms with Crippen molar-refractivity contribution in [2.45, 2.75) is 13.3 Å². The zero-order valence-electron chi connectivity index (χ0n) is 13.5. The number of nitrogens with one attached hydrogen (secondary N) is 1. The molecule has 1 fully saturated rings. The first-order chi connectivity index (χ1) is 11.4. The van der Waals surface area contributed by atoms with Gasteiger partial charge in [-0.3, -0.25) is 0 Å². The summed E-state index contributed by atoms with van der Waals surface area (Å²) in [5, 5.41) is 3.41. The molecule has 0 unspecified atom stereocenters. The molecular weight excluding hydrogens is 284 g/mol. The Morgan fingerprint density at radius 2 is 1.83 bits per heavy atom. The molecule has 4 heteroatoms. The zero-order valence-corrected chi connectivity index (χ0v) is 13.5. The number of hydrogen-bond donors (Lipinski definition) is 1. The number of aromatic nitrogens is 2. The van der Waals surface area contributed by atoms with Gasteiger partial charge in [0.2, 0.25) is 0 Å². The van der Waals surface area contributed by atoms with Crippen LogP contribution in [0.25, 0.3) is 16.9 Å². The summed E-state index contributed by atoms with van der Waals surface area (Å²) in [6.07, 6.45) is 3.22. The van der Waals surface area contributed by atoms with E-state index in [2.05, 4.69) is 64.1 Å². The van der Waals surface area contributed by atoms with Gasteiger partial charge in [0.15, 0.2) is 0 Å². The van der Waals surface area contributed by atoms with Crippen LogP contribution in [-0.2, 0) is 6.42 Å². The third-order valence-electron chi connectivity index (χ3n) is 4.57. The number of imidazole rings is 1. The van der Waals surface area contributed by atoms with E-state index in [9.17, 15) is 0 Å². The summed E-state index contributed by atoms with van der Waals surface area (Å²) >= 11 is 0. The van der Waals surface area contributed by atoms with Gasteiger partial charge >= 0.3 is 0 Å². The number of aryl methyl sites for hydroxylation is 1. The summed E-state index contributed by atoms with van der Waals surface area (Å²) < 4.78 is 2.26. The van der Waals surface area contributed by atoms with Gasteiger partial charge in [0.25, 0.3) is 0 Å². The van der Waals surface area contributed by atoms with Gasteiger partial charge in [-0.15, -0.1) is 0 Å². The van der Waals surface area contributed by atoms with Gasteiger partial charge in [0.05, 0.1) is 17.1 Å². The Morgan fingerprint density at radius 1 is 1.04 bits per heavy atom. The van der Waals surface area contributed by atoms with E-state index in [0.717, 1.165) is 43.9 Å². The monoisotopic (exact) mass is 306 g/mol. The highest BCUT2D eigenvalue weighted by molar-refractivity contribution is 5.67. The van der Waals surface area contributed by atoms with E-state index in [1.165, 1.54) is 16.9 Å². The second-order valence-corrected chi connectivity index (χ2v) is 5.98. The third kappa shape index (κ3) is 2.59. The van der Waals surface area contributed by atoms with Gasteiger partial charge in [-0.2, -0.15) is 0 Å². The highest BCUT2D eigenvalue weighted by Crippen LogP contribution is 2.26. The lowest BCUT2D eigenvalue weighted by atomic mass is 10.1. The van der Waals surface area contributed by atoms with Crippen LogP contribution in [0, 0.1) is 0 Å². The molecule has 4 nitrogen and oxygen atoms in total. The first kappa shape index (κ1) is 14.3. The van der Waals surface area contributed by atoms with Crippen molar-refractivity contribution in [2.75, 3.05) is 31.1 Å². The van der Waals surface area contributed by atoms with Gasteiger partial charge < -0.3 is 14.6 Å². The number of anilines is 1. The fourth-order valence-electron chi connectivity index (χ4n) is 3.36. The molecule has 3 aromatic rings.